The Kier molecular flexibility index (Phi) is 6.84. The monoisotopic (exact) mass is 520 g/mol. The first-order chi connectivity index (χ1) is 18.2. The van der Waals surface area contributed by atoms with Crippen LogP contribution in [0, 0.1) is 0 Å². The predicted molar refractivity (Wildman–Crippen MR) is 141 cm³/mol. The van der Waals surface area contributed by atoms with Gasteiger partial charge in [0.2, 0.25) is 5.89 Å². The molecular formula is C29H27F3N4O2. The van der Waals surface area contributed by atoms with Crippen LogP contribution in [0.25, 0.3) is 22.8 Å². The maximum atomic E-state index is 13.7. The molecule has 1 amide bonds. The molecule has 0 saturated carbocycles. The molecule has 5 rings (SSSR count). The van der Waals surface area contributed by atoms with Gasteiger partial charge in [0.1, 0.15) is 0 Å². The zero-order valence-corrected chi connectivity index (χ0v) is 21.1. The van der Waals surface area contributed by atoms with E-state index in [0.29, 0.717) is 43.5 Å². The van der Waals surface area contributed by atoms with Crippen molar-refractivity contribution in [2.24, 2.45) is 0 Å². The number of nitrogens with zero attached hydrogens (tertiary/aromatic N) is 4. The standard InChI is InChI=1S/C29H27F3N4O2/c1-34(2)23-13-11-20(12-14-23)26-25(33-27(38-26)21-7-4-3-5-8-21)28(37)36-17-15-35(16-18-36)24-10-6-9-22(19-24)29(30,31)32/h3-14,19H,15-18H2,1-2H3. The van der Waals surface area contributed by atoms with E-state index in [-0.39, 0.29) is 11.6 Å². The Morgan fingerprint density at radius 1 is 0.868 bits per heavy atom. The number of aromatic nitrogens is 1. The van der Waals surface area contributed by atoms with Gasteiger partial charge in [-0.1, -0.05) is 24.3 Å². The molecule has 4 aromatic rings. The number of anilines is 2. The van der Waals surface area contributed by atoms with Crippen LogP contribution < -0.4 is 9.80 Å². The maximum Gasteiger partial charge on any atom is 0.416 e. The highest BCUT2D eigenvalue weighted by Gasteiger charge is 2.32. The van der Waals surface area contributed by atoms with E-state index in [4.69, 9.17) is 4.42 Å². The average Bonchev–Trinajstić information content (AvgIpc) is 3.38. The van der Waals surface area contributed by atoms with E-state index in [9.17, 15) is 18.0 Å². The second-order valence-corrected chi connectivity index (χ2v) is 9.33. The molecule has 6 nitrogen and oxygen atoms in total. The lowest BCUT2D eigenvalue weighted by Gasteiger charge is -2.36. The van der Waals surface area contributed by atoms with Crippen LogP contribution in [0.4, 0.5) is 24.5 Å². The van der Waals surface area contributed by atoms with Gasteiger partial charge in [-0.05, 0) is 54.6 Å². The smallest absolute Gasteiger partial charge is 0.416 e. The number of carbonyl (C=O) groups is 1. The van der Waals surface area contributed by atoms with Crippen molar-refractivity contribution in [3.05, 3.63) is 90.1 Å². The molecule has 0 spiro atoms. The lowest BCUT2D eigenvalue weighted by Crippen LogP contribution is -2.49. The first-order valence-corrected chi connectivity index (χ1v) is 12.3. The van der Waals surface area contributed by atoms with E-state index in [1.807, 2.05) is 78.5 Å². The van der Waals surface area contributed by atoms with Crippen LogP contribution in [0.15, 0.2) is 83.3 Å². The first kappa shape index (κ1) is 25.4. The van der Waals surface area contributed by atoms with E-state index >= 15 is 0 Å². The van der Waals surface area contributed by atoms with Crippen LogP contribution in [0.1, 0.15) is 16.1 Å². The summed E-state index contributed by atoms with van der Waals surface area (Å²) in [5.41, 5.74) is 2.52. The van der Waals surface area contributed by atoms with Gasteiger partial charge in [0.05, 0.1) is 5.56 Å². The first-order valence-electron chi connectivity index (χ1n) is 12.3. The Morgan fingerprint density at radius 3 is 2.18 bits per heavy atom. The van der Waals surface area contributed by atoms with E-state index in [0.717, 1.165) is 28.9 Å². The molecule has 0 radical (unpaired) electrons. The number of hydrogen-bond donors (Lipinski definition) is 0. The molecule has 3 aromatic carbocycles. The molecule has 2 heterocycles. The van der Waals surface area contributed by atoms with E-state index < -0.39 is 11.7 Å². The summed E-state index contributed by atoms with van der Waals surface area (Å²) in [6.07, 6.45) is -4.40. The molecule has 1 aliphatic heterocycles. The van der Waals surface area contributed by atoms with Crippen LogP contribution in [-0.2, 0) is 6.18 Å². The van der Waals surface area contributed by atoms with Crippen molar-refractivity contribution in [1.82, 2.24) is 9.88 Å². The van der Waals surface area contributed by atoms with Gasteiger partial charge in [-0.3, -0.25) is 4.79 Å². The lowest BCUT2D eigenvalue weighted by atomic mass is 10.1. The Labute approximate surface area is 218 Å². The molecule has 0 aliphatic carbocycles. The predicted octanol–water partition coefficient (Wildman–Crippen LogP) is 6.06. The minimum Gasteiger partial charge on any atom is -0.435 e. The van der Waals surface area contributed by atoms with Gasteiger partial charge < -0.3 is 19.1 Å². The van der Waals surface area contributed by atoms with Gasteiger partial charge in [0.25, 0.3) is 5.91 Å². The number of benzene rings is 3. The van der Waals surface area contributed by atoms with Gasteiger partial charge in [-0.2, -0.15) is 13.2 Å². The SMILES string of the molecule is CN(C)c1ccc(-c2oc(-c3ccccc3)nc2C(=O)N2CCN(c3cccc(C(F)(F)F)c3)CC2)cc1. The molecule has 0 N–H and O–H groups in total. The Bertz CT molecular complexity index is 1410. The molecule has 1 fully saturated rings. The van der Waals surface area contributed by atoms with Gasteiger partial charge >= 0.3 is 6.18 Å². The van der Waals surface area contributed by atoms with Crippen molar-refractivity contribution in [1.29, 1.82) is 0 Å². The number of hydrogen-bond acceptors (Lipinski definition) is 5. The molecule has 38 heavy (non-hydrogen) atoms. The van der Waals surface area contributed by atoms with E-state index in [1.165, 1.54) is 6.07 Å². The molecule has 9 heteroatoms. The maximum absolute atomic E-state index is 13.7. The van der Waals surface area contributed by atoms with Crippen LogP contribution in [-0.4, -0.2) is 56.1 Å². The van der Waals surface area contributed by atoms with Crippen LogP contribution >= 0.6 is 0 Å². The van der Waals surface area contributed by atoms with Crippen molar-refractivity contribution < 1.29 is 22.4 Å². The molecule has 1 aliphatic rings. The Hall–Kier alpha value is -4.27. The van der Waals surface area contributed by atoms with E-state index in [1.54, 1.807) is 11.0 Å². The molecule has 0 atom stereocenters. The summed E-state index contributed by atoms with van der Waals surface area (Å²) in [5.74, 6) is 0.467. The normalized spacial score (nSPS) is 14.0. The zero-order chi connectivity index (χ0) is 26.9. The molecule has 1 aromatic heterocycles. The van der Waals surface area contributed by atoms with Crippen molar-refractivity contribution >= 4 is 17.3 Å². The highest BCUT2D eigenvalue weighted by molar-refractivity contribution is 5.98. The van der Waals surface area contributed by atoms with Crippen molar-refractivity contribution in [2.45, 2.75) is 6.18 Å². The third-order valence-corrected chi connectivity index (χ3v) is 6.60. The zero-order valence-electron chi connectivity index (χ0n) is 21.1. The summed E-state index contributed by atoms with van der Waals surface area (Å²) in [4.78, 5) is 23.8. The molecule has 196 valence electrons. The van der Waals surface area contributed by atoms with Crippen molar-refractivity contribution in [2.75, 3.05) is 50.1 Å². The topological polar surface area (TPSA) is 52.8 Å². The van der Waals surface area contributed by atoms with E-state index in [2.05, 4.69) is 4.98 Å². The average molecular weight is 521 g/mol. The third-order valence-electron chi connectivity index (χ3n) is 6.60. The summed E-state index contributed by atoms with van der Waals surface area (Å²) in [7, 11) is 3.90. The van der Waals surface area contributed by atoms with Crippen LogP contribution in [0.2, 0.25) is 0 Å². The van der Waals surface area contributed by atoms with Crippen molar-refractivity contribution in [3.8, 4) is 22.8 Å². The number of amides is 1. The fraction of sp³-hybridized carbons (Fsp3) is 0.241. The van der Waals surface area contributed by atoms with Crippen LogP contribution in [0.5, 0.6) is 0 Å². The quantitative estimate of drug-likeness (QED) is 0.320. The third kappa shape index (κ3) is 5.22. The van der Waals surface area contributed by atoms with Gasteiger partial charge in [-0.15, -0.1) is 0 Å². The number of carbonyl (C=O) groups excluding carboxylic acids is 1. The van der Waals surface area contributed by atoms with Gasteiger partial charge in [0.15, 0.2) is 11.5 Å². The summed E-state index contributed by atoms with van der Waals surface area (Å²) in [5, 5.41) is 0. The summed E-state index contributed by atoms with van der Waals surface area (Å²) < 4.78 is 45.6. The molecular weight excluding hydrogens is 493 g/mol. The number of oxazole rings is 1. The van der Waals surface area contributed by atoms with Gasteiger partial charge in [-0.25, -0.2) is 4.98 Å². The Morgan fingerprint density at radius 2 is 1.55 bits per heavy atom. The molecule has 1 saturated heterocycles. The highest BCUT2D eigenvalue weighted by Crippen LogP contribution is 2.33. The van der Waals surface area contributed by atoms with Crippen LogP contribution in [0.3, 0.4) is 0 Å². The number of piperazine rings is 1. The fourth-order valence-corrected chi connectivity index (χ4v) is 4.47. The lowest BCUT2D eigenvalue weighted by molar-refractivity contribution is -0.137. The summed E-state index contributed by atoms with van der Waals surface area (Å²) in [6.45, 7) is 1.51. The minimum atomic E-state index is -4.40. The summed E-state index contributed by atoms with van der Waals surface area (Å²) in [6, 6.07) is 22.3. The molecule has 0 bridgehead atoms. The highest BCUT2D eigenvalue weighted by atomic mass is 19.4. The number of alkyl halides is 3. The number of halogens is 3. The largest absolute Gasteiger partial charge is 0.435 e. The van der Waals surface area contributed by atoms with Crippen molar-refractivity contribution in [3.63, 3.8) is 0 Å². The fourth-order valence-electron chi connectivity index (χ4n) is 4.47. The minimum absolute atomic E-state index is 0.217. The molecule has 0 unspecified atom stereocenters. The number of rotatable bonds is 5. The second-order valence-electron chi connectivity index (χ2n) is 9.33. The second kappa shape index (κ2) is 10.2. The van der Waals surface area contributed by atoms with Gasteiger partial charge in [0, 0.05) is 62.8 Å². The Balaban J connectivity index is 1.40. The summed E-state index contributed by atoms with van der Waals surface area (Å²) >= 11 is 0.